The summed E-state index contributed by atoms with van der Waals surface area (Å²) < 4.78 is 6.22. The van der Waals surface area contributed by atoms with Crippen molar-refractivity contribution in [3.63, 3.8) is 0 Å². The minimum Gasteiger partial charge on any atom is -0.454 e. The summed E-state index contributed by atoms with van der Waals surface area (Å²) in [7, 11) is 0. The number of para-hydroxylation sites is 1. The molecule has 55 heavy (non-hydrogen) atoms. The molecule has 0 fully saturated rings. The molecule has 0 N–H and O–H groups in total. The normalized spacial score (nSPS) is 11.6. The summed E-state index contributed by atoms with van der Waals surface area (Å²) in [6.07, 6.45) is 3.78. The van der Waals surface area contributed by atoms with E-state index < -0.39 is 0 Å². The molecule has 11 rings (SSSR count). The first-order valence-corrected chi connectivity index (χ1v) is 18.5. The Hall–Kier alpha value is -7.43. The zero-order valence-electron chi connectivity index (χ0n) is 29.6. The summed E-state index contributed by atoms with van der Waals surface area (Å²) in [6, 6.07) is 61.9. The molecule has 0 aliphatic rings. The van der Waals surface area contributed by atoms with Crippen LogP contribution in [-0.4, -0.2) is 15.0 Å². The molecule has 0 unspecified atom stereocenters. The molecule has 8 aromatic carbocycles. The van der Waals surface area contributed by atoms with E-state index in [2.05, 4.69) is 163 Å². The van der Waals surface area contributed by atoms with Crippen LogP contribution in [0.15, 0.2) is 193 Å². The lowest BCUT2D eigenvalue weighted by Crippen LogP contribution is -1.97. The van der Waals surface area contributed by atoms with Gasteiger partial charge in [-0.2, -0.15) is 0 Å². The van der Waals surface area contributed by atoms with Crippen LogP contribution >= 0.6 is 0 Å². The molecule has 0 amide bonds. The number of fused-ring (bicyclic) bond motifs is 6. The second-order valence-electron chi connectivity index (χ2n) is 14.0. The topological polar surface area (TPSA) is 51.8 Å². The standard InChI is InChI=1S/C51H31N3O/c1-2-13-33(14-3-1)46-29-47(35-23-22-32-12-4-5-15-34(32)28-35)54-51(53-46)43-27-26-41(38-18-8-9-19-39(38)43)40-24-25-42(37-17-7-6-16-36(37)40)45-30-52-31-49-50(45)44-20-10-11-21-48(44)55-49/h1-31H. The molecule has 3 aromatic heterocycles. The van der Waals surface area contributed by atoms with E-state index in [4.69, 9.17) is 14.4 Å². The zero-order chi connectivity index (χ0) is 36.3. The van der Waals surface area contributed by atoms with Gasteiger partial charge in [0, 0.05) is 39.2 Å². The second kappa shape index (κ2) is 12.6. The van der Waals surface area contributed by atoms with Crippen LogP contribution in [0.3, 0.4) is 0 Å². The van der Waals surface area contributed by atoms with E-state index in [0.29, 0.717) is 5.82 Å². The van der Waals surface area contributed by atoms with Gasteiger partial charge in [0.05, 0.1) is 17.6 Å². The minimum atomic E-state index is 0.695. The van der Waals surface area contributed by atoms with Crippen LogP contribution in [0.2, 0.25) is 0 Å². The van der Waals surface area contributed by atoms with E-state index in [1.165, 1.54) is 16.2 Å². The fourth-order valence-corrected chi connectivity index (χ4v) is 8.20. The highest BCUT2D eigenvalue weighted by molar-refractivity contribution is 6.17. The highest BCUT2D eigenvalue weighted by Gasteiger charge is 2.19. The first-order chi connectivity index (χ1) is 27.3. The molecular formula is C51H31N3O. The first-order valence-electron chi connectivity index (χ1n) is 18.5. The number of rotatable bonds is 5. The molecule has 4 nitrogen and oxygen atoms in total. The summed E-state index contributed by atoms with van der Waals surface area (Å²) in [5.74, 6) is 0.695. The number of hydrogen-bond acceptors (Lipinski definition) is 4. The maximum absolute atomic E-state index is 6.22. The number of nitrogens with zero attached hydrogens (tertiary/aromatic N) is 3. The Morgan fingerprint density at radius 2 is 0.891 bits per heavy atom. The smallest absolute Gasteiger partial charge is 0.161 e. The van der Waals surface area contributed by atoms with Crippen LogP contribution in [0.5, 0.6) is 0 Å². The summed E-state index contributed by atoms with van der Waals surface area (Å²) in [5.41, 5.74) is 11.0. The van der Waals surface area contributed by atoms with E-state index in [1.807, 2.05) is 30.6 Å². The van der Waals surface area contributed by atoms with Crippen molar-refractivity contribution in [2.24, 2.45) is 0 Å². The van der Waals surface area contributed by atoms with Crippen molar-refractivity contribution in [2.75, 3.05) is 0 Å². The zero-order valence-corrected chi connectivity index (χ0v) is 29.6. The van der Waals surface area contributed by atoms with Crippen LogP contribution in [0.25, 0.3) is 110 Å². The van der Waals surface area contributed by atoms with Crippen LogP contribution in [0, 0.1) is 0 Å². The predicted octanol–water partition coefficient (Wildman–Crippen LogP) is 13.6. The van der Waals surface area contributed by atoms with E-state index in [0.717, 1.165) is 88.4 Å². The fourth-order valence-electron chi connectivity index (χ4n) is 8.20. The molecule has 11 aromatic rings. The third kappa shape index (κ3) is 5.19. The Kier molecular flexibility index (Phi) is 7.14. The molecule has 0 bridgehead atoms. The Morgan fingerprint density at radius 1 is 0.345 bits per heavy atom. The van der Waals surface area contributed by atoms with Gasteiger partial charge in [-0.15, -0.1) is 0 Å². The van der Waals surface area contributed by atoms with E-state index in [-0.39, 0.29) is 0 Å². The van der Waals surface area contributed by atoms with Crippen LogP contribution < -0.4 is 0 Å². The Morgan fingerprint density at radius 3 is 1.60 bits per heavy atom. The van der Waals surface area contributed by atoms with Crippen molar-refractivity contribution in [3.05, 3.63) is 188 Å². The summed E-state index contributed by atoms with van der Waals surface area (Å²) in [5, 5.41) is 9.13. The molecule has 0 spiro atoms. The molecule has 4 heteroatoms. The minimum absolute atomic E-state index is 0.695. The maximum atomic E-state index is 6.22. The average Bonchev–Trinajstić information content (AvgIpc) is 3.65. The highest BCUT2D eigenvalue weighted by Crippen LogP contribution is 2.43. The maximum Gasteiger partial charge on any atom is 0.161 e. The number of pyridine rings is 1. The predicted molar refractivity (Wildman–Crippen MR) is 227 cm³/mol. The fraction of sp³-hybridized carbons (Fsp3) is 0. The lowest BCUT2D eigenvalue weighted by molar-refractivity contribution is 0.667. The molecule has 0 saturated carbocycles. The largest absolute Gasteiger partial charge is 0.454 e. The van der Waals surface area contributed by atoms with Crippen molar-refractivity contribution in [1.82, 2.24) is 15.0 Å². The van der Waals surface area contributed by atoms with Gasteiger partial charge in [0.25, 0.3) is 0 Å². The molecule has 0 atom stereocenters. The molecule has 0 aliphatic carbocycles. The summed E-state index contributed by atoms with van der Waals surface area (Å²) in [6.45, 7) is 0. The number of furan rings is 1. The van der Waals surface area contributed by atoms with Gasteiger partial charge < -0.3 is 4.42 Å². The lowest BCUT2D eigenvalue weighted by Gasteiger charge is -2.16. The van der Waals surface area contributed by atoms with E-state index in [9.17, 15) is 0 Å². The van der Waals surface area contributed by atoms with Gasteiger partial charge in [0.15, 0.2) is 11.4 Å². The quantitative estimate of drug-likeness (QED) is 0.179. The number of benzene rings is 8. The van der Waals surface area contributed by atoms with Gasteiger partial charge in [0.2, 0.25) is 0 Å². The Labute approximate surface area is 317 Å². The molecular weight excluding hydrogens is 671 g/mol. The van der Waals surface area contributed by atoms with Gasteiger partial charge in [-0.25, -0.2) is 9.97 Å². The van der Waals surface area contributed by atoms with Crippen molar-refractivity contribution in [3.8, 4) is 56.2 Å². The van der Waals surface area contributed by atoms with Gasteiger partial charge in [-0.3, -0.25) is 4.98 Å². The SMILES string of the molecule is c1ccc(-c2cc(-c3ccc4ccccc4c3)nc(-c3ccc(-c4ccc(-c5cncc6oc7ccccc7c56)c5ccccc45)c4ccccc34)n2)cc1. The molecule has 256 valence electrons. The Balaban J connectivity index is 1.10. The van der Waals surface area contributed by atoms with Gasteiger partial charge in [0.1, 0.15) is 5.58 Å². The van der Waals surface area contributed by atoms with Gasteiger partial charge in [-0.1, -0.05) is 152 Å². The van der Waals surface area contributed by atoms with Crippen molar-refractivity contribution in [1.29, 1.82) is 0 Å². The molecule has 0 radical (unpaired) electrons. The van der Waals surface area contributed by atoms with Gasteiger partial charge >= 0.3 is 0 Å². The molecule has 3 heterocycles. The van der Waals surface area contributed by atoms with Crippen LogP contribution in [0.1, 0.15) is 0 Å². The van der Waals surface area contributed by atoms with Crippen molar-refractivity contribution < 1.29 is 4.42 Å². The first kappa shape index (κ1) is 31.1. The van der Waals surface area contributed by atoms with Crippen LogP contribution in [0.4, 0.5) is 0 Å². The average molecular weight is 702 g/mol. The summed E-state index contributed by atoms with van der Waals surface area (Å²) >= 11 is 0. The van der Waals surface area contributed by atoms with E-state index >= 15 is 0 Å². The third-order valence-electron chi connectivity index (χ3n) is 10.8. The van der Waals surface area contributed by atoms with Crippen LogP contribution in [-0.2, 0) is 0 Å². The molecule has 0 saturated heterocycles. The Bertz CT molecular complexity index is 3270. The summed E-state index contributed by atoms with van der Waals surface area (Å²) in [4.78, 5) is 15.1. The second-order valence-corrected chi connectivity index (χ2v) is 14.0. The van der Waals surface area contributed by atoms with Gasteiger partial charge in [-0.05, 0) is 73.3 Å². The van der Waals surface area contributed by atoms with Crippen molar-refractivity contribution >= 4 is 54.3 Å². The third-order valence-corrected chi connectivity index (χ3v) is 10.8. The highest BCUT2D eigenvalue weighted by atomic mass is 16.3. The number of hydrogen-bond donors (Lipinski definition) is 0. The lowest BCUT2D eigenvalue weighted by atomic mass is 9.88. The number of aromatic nitrogens is 3. The van der Waals surface area contributed by atoms with E-state index in [1.54, 1.807) is 0 Å². The monoisotopic (exact) mass is 701 g/mol. The van der Waals surface area contributed by atoms with Crippen molar-refractivity contribution in [2.45, 2.75) is 0 Å². The molecule has 0 aliphatic heterocycles.